The Morgan fingerprint density at radius 2 is 1.70 bits per heavy atom. The summed E-state index contributed by atoms with van der Waals surface area (Å²) < 4.78 is 2.06. The van der Waals surface area contributed by atoms with E-state index in [1.165, 1.54) is 5.39 Å². The van der Waals surface area contributed by atoms with Gasteiger partial charge in [-0.2, -0.15) is 0 Å². The van der Waals surface area contributed by atoms with E-state index in [4.69, 9.17) is 16.6 Å². The maximum atomic E-state index is 5.93. The SMILES string of the molecule is Clc1ccc(-c2cn3ccc4ccccc4c3n2)cc1. The van der Waals surface area contributed by atoms with E-state index in [1.807, 2.05) is 48.8 Å². The standard InChI is InChI=1S/C17H11ClN2/c18-14-7-5-13(6-8-14)16-11-20-10-9-12-3-1-2-4-15(12)17(20)19-16/h1-11H. The summed E-state index contributed by atoms with van der Waals surface area (Å²) >= 11 is 5.93. The molecule has 0 saturated carbocycles. The van der Waals surface area contributed by atoms with Gasteiger partial charge in [-0.3, -0.25) is 0 Å². The van der Waals surface area contributed by atoms with Crippen molar-refractivity contribution >= 4 is 28.0 Å². The van der Waals surface area contributed by atoms with Gasteiger partial charge in [-0.05, 0) is 23.6 Å². The van der Waals surface area contributed by atoms with Crippen molar-refractivity contribution in [1.82, 2.24) is 9.38 Å². The first-order valence-corrected chi connectivity index (χ1v) is 6.81. The van der Waals surface area contributed by atoms with Crippen LogP contribution in [0.5, 0.6) is 0 Å². The molecule has 2 aromatic heterocycles. The van der Waals surface area contributed by atoms with E-state index in [0.717, 1.165) is 27.3 Å². The molecular formula is C17H11ClN2. The topological polar surface area (TPSA) is 17.3 Å². The minimum Gasteiger partial charge on any atom is -0.306 e. The molecule has 2 aromatic carbocycles. The van der Waals surface area contributed by atoms with Gasteiger partial charge in [0.15, 0.2) is 0 Å². The fourth-order valence-electron chi connectivity index (χ4n) is 2.47. The number of pyridine rings is 1. The molecule has 0 amide bonds. The van der Waals surface area contributed by atoms with Crippen LogP contribution in [-0.4, -0.2) is 9.38 Å². The van der Waals surface area contributed by atoms with Crippen molar-refractivity contribution in [1.29, 1.82) is 0 Å². The van der Waals surface area contributed by atoms with Crippen LogP contribution >= 0.6 is 11.6 Å². The highest BCUT2D eigenvalue weighted by Crippen LogP contribution is 2.25. The highest BCUT2D eigenvalue weighted by molar-refractivity contribution is 6.30. The van der Waals surface area contributed by atoms with E-state index in [-0.39, 0.29) is 0 Å². The van der Waals surface area contributed by atoms with E-state index in [1.54, 1.807) is 0 Å². The van der Waals surface area contributed by atoms with E-state index < -0.39 is 0 Å². The molecule has 0 fully saturated rings. The second-order valence-electron chi connectivity index (χ2n) is 4.77. The van der Waals surface area contributed by atoms with Crippen LogP contribution in [0.1, 0.15) is 0 Å². The summed E-state index contributed by atoms with van der Waals surface area (Å²) in [5, 5.41) is 3.10. The fourth-order valence-corrected chi connectivity index (χ4v) is 2.60. The van der Waals surface area contributed by atoms with Gasteiger partial charge >= 0.3 is 0 Å². The lowest BCUT2D eigenvalue weighted by molar-refractivity contribution is 1.20. The van der Waals surface area contributed by atoms with E-state index in [0.29, 0.717) is 0 Å². The molecule has 2 nitrogen and oxygen atoms in total. The van der Waals surface area contributed by atoms with Crippen molar-refractivity contribution < 1.29 is 0 Å². The Labute approximate surface area is 121 Å². The second-order valence-corrected chi connectivity index (χ2v) is 5.20. The Hall–Kier alpha value is -2.32. The molecule has 0 saturated heterocycles. The normalized spacial score (nSPS) is 11.2. The highest BCUT2D eigenvalue weighted by Gasteiger charge is 2.07. The molecule has 20 heavy (non-hydrogen) atoms. The van der Waals surface area contributed by atoms with Gasteiger partial charge in [0.1, 0.15) is 5.65 Å². The number of hydrogen-bond acceptors (Lipinski definition) is 1. The average Bonchev–Trinajstić information content (AvgIpc) is 2.92. The predicted molar refractivity (Wildman–Crippen MR) is 83.1 cm³/mol. The number of fused-ring (bicyclic) bond motifs is 3. The van der Waals surface area contributed by atoms with Crippen LogP contribution in [0.25, 0.3) is 27.7 Å². The molecule has 0 spiro atoms. The van der Waals surface area contributed by atoms with Crippen LogP contribution in [0, 0.1) is 0 Å². The molecule has 0 aliphatic rings. The highest BCUT2D eigenvalue weighted by atomic mass is 35.5. The first-order valence-electron chi connectivity index (χ1n) is 6.44. The van der Waals surface area contributed by atoms with Gasteiger partial charge in [0.05, 0.1) is 5.69 Å². The molecule has 0 bridgehead atoms. The summed E-state index contributed by atoms with van der Waals surface area (Å²) in [6.07, 6.45) is 4.09. The third kappa shape index (κ3) is 1.77. The van der Waals surface area contributed by atoms with Crippen LogP contribution in [0.15, 0.2) is 67.0 Å². The lowest BCUT2D eigenvalue weighted by Gasteiger charge is -1.98. The van der Waals surface area contributed by atoms with E-state index >= 15 is 0 Å². The molecule has 3 heteroatoms. The smallest absolute Gasteiger partial charge is 0.145 e. The van der Waals surface area contributed by atoms with Crippen LogP contribution in [0.3, 0.4) is 0 Å². The van der Waals surface area contributed by atoms with Gasteiger partial charge in [0, 0.05) is 28.4 Å². The summed E-state index contributed by atoms with van der Waals surface area (Å²) in [6, 6.07) is 18.2. The van der Waals surface area contributed by atoms with Crippen molar-refractivity contribution in [3.05, 3.63) is 72.0 Å². The van der Waals surface area contributed by atoms with Crippen LogP contribution < -0.4 is 0 Å². The first-order chi connectivity index (χ1) is 9.81. The number of benzene rings is 2. The van der Waals surface area contributed by atoms with E-state index in [2.05, 4.69) is 22.6 Å². The Bertz CT molecular complexity index is 907. The van der Waals surface area contributed by atoms with E-state index in [9.17, 15) is 0 Å². The maximum absolute atomic E-state index is 5.93. The third-order valence-corrected chi connectivity index (χ3v) is 3.74. The number of rotatable bonds is 1. The summed E-state index contributed by atoms with van der Waals surface area (Å²) in [5.74, 6) is 0. The number of imidazole rings is 1. The molecule has 0 N–H and O–H groups in total. The van der Waals surface area contributed by atoms with Crippen LogP contribution in [0.2, 0.25) is 5.02 Å². The molecule has 0 aliphatic heterocycles. The van der Waals surface area contributed by atoms with Crippen molar-refractivity contribution in [2.75, 3.05) is 0 Å². The van der Waals surface area contributed by atoms with Crippen LogP contribution in [0.4, 0.5) is 0 Å². The van der Waals surface area contributed by atoms with Gasteiger partial charge in [-0.15, -0.1) is 0 Å². The maximum Gasteiger partial charge on any atom is 0.145 e. The lowest BCUT2D eigenvalue weighted by atomic mass is 10.2. The number of hydrogen-bond donors (Lipinski definition) is 0. The largest absolute Gasteiger partial charge is 0.306 e. The zero-order valence-electron chi connectivity index (χ0n) is 10.6. The zero-order valence-corrected chi connectivity index (χ0v) is 11.4. The third-order valence-electron chi connectivity index (χ3n) is 3.49. The van der Waals surface area contributed by atoms with Crippen molar-refractivity contribution in [3.8, 4) is 11.3 Å². The zero-order chi connectivity index (χ0) is 13.5. The lowest BCUT2D eigenvalue weighted by Crippen LogP contribution is -1.83. The Balaban J connectivity index is 1.98. The van der Waals surface area contributed by atoms with Gasteiger partial charge < -0.3 is 4.40 Å². The Morgan fingerprint density at radius 3 is 2.55 bits per heavy atom. The molecular weight excluding hydrogens is 268 g/mol. The van der Waals surface area contributed by atoms with Crippen molar-refractivity contribution in [2.24, 2.45) is 0 Å². The van der Waals surface area contributed by atoms with Gasteiger partial charge in [-0.25, -0.2) is 4.98 Å². The molecule has 0 unspecified atom stereocenters. The molecule has 0 atom stereocenters. The average molecular weight is 279 g/mol. The molecule has 4 rings (SSSR count). The minimum atomic E-state index is 0.739. The quantitative estimate of drug-likeness (QED) is 0.488. The second kappa shape index (κ2) is 4.36. The Morgan fingerprint density at radius 1 is 0.900 bits per heavy atom. The monoisotopic (exact) mass is 278 g/mol. The van der Waals surface area contributed by atoms with Gasteiger partial charge in [0.2, 0.25) is 0 Å². The summed E-state index contributed by atoms with van der Waals surface area (Å²) in [4.78, 5) is 4.76. The summed E-state index contributed by atoms with van der Waals surface area (Å²) in [7, 11) is 0. The van der Waals surface area contributed by atoms with Gasteiger partial charge in [0.25, 0.3) is 0 Å². The number of aromatic nitrogens is 2. The van der Waals surface area contributed by atoms with Crippen molar-refractivity contribution in [3.63, 3.8) is 0 Å². The molecule has 0 aliphatic carbocycles. The first kappa shape index (κ1) is 11.5. The summed E-state index contributed by atoms with van der Waals surface area (Å²) in [6.45, 7) is 0. The fraction of sp³-hybridized carbons (Fsp3) is 0. The number of halogens is 1. The van der Waals surface area contributed by atoms with Crippen molar-refractivity contribution in [2.45, 2.75) is 0 Å². The van der Waals surface area contributed by atoms with Gasteiger partial charge in [-0.1, -0.05) is 48.0 Å². The molecule has 2 heterocycles. The van der Waals surface area contributed by atoms with Crippen LogP contribution in [-0.2, 0) is 0 Å². The predicted octanol–water partition coefficient (Wildman–Crippen LogP) is 4.81. The Kier molecular flexibility index (Phi) is 2.51. The number of nitrogens with zero attached hydrogens (tertiary/aromatic N) is 2. The molecule has 4 aromatic rings. The molecule has 0 radical (unpaired) electrons. The minimum absolute atomic E-state index is 0.739. The summed E-state index contributed by atoms with van der Waals surface area (Å²) in [5.41, 5.74) is 3.01. The molecule has 96 valence electrons.